The van der Waals surface area contributed by atoms with Gasteiger partial charge in [0.05, 0.1) is 19.6 Å². The first-order valence-corrected chi connectivity index (χ1v) is 7.55. The maximum absolute atomic E-state index is 12.3. The molecule has 0 unspecified atom stereocenters. The molecule has 1 heterocycles. The van der Waals surface area contributed by atoms with Gasteiger partial charge in [0, 0.05) is 32.7 Å². The normalized spacial score (nSPS) is 16.0. The van der Waals surface area contributed by atoms with Crippen LogP contribution in [0.5, 0.6) is 5.75 Å². The van der Waals surface area contributed by atoms with Crippen molar-refractivity contribution in [3.8, 4) is 5.75 Å². The number of rotatable bonds is 6. The summed E-state index contributed by atoms with van der Waals surface area (Å²) in [5, 5.41) is 8.92. The second kappa shape index (κ2) is 8.00. The maximum Gasteiger partial charge on any atom is 0.227 e. The molecule has 0 saturated carbocycles. The molecular formula is C16H24N2O3. The summed E-state index contributed by atoms with van der Waals surface area (Å²) < 4.78 is 5.46. The summed E-state index contributed by atoms with van der Waals surface area (Å²) in [4.78, 5) is 16.4. The number of aliphatic hydroxyl groups is 1. The van der Waals surface area contributed by atoms with Crippen LogP contribution in [-0.2, 0) is 11.2 Å². The lowest BCUT2D eigenvalue weighted by Crippen LogP contribution is -2.49. The molecule has 1 amide bonds. The number of ether oxygens (including phenoxy) is 1. The van der Waals surface area contributed by atoms with Crippen molar-refractivity contribution in [3.05, 3.63) is 29.8 Å². The fraction of sp³-hybridized carbons (Fsp3) is 0.562. The fourth-order valence-corrected chi connectivity index (χ4v) is 2.56. The highest BCUT2D eigenvalue weighted by molar-refractivity contribution is 5.79. The third-order valence-corrected chi connectivity index (χ3v) is 3.71. The van der Waals surface area contributed by atoms with Crippen molar-refractivity contribution in [2.24, 2.45) is 0 Å². The highest BCUT2D eigenvalue weighted by atomic mass is 16.5. The number of piperazine rings is 1. The van der Waals surface area contributed by atoms with Crippen molar-refractivity contribution in [1.29, 1.82) is 0 Å². The van der Waals surface area contributed by atoms with E-state index in [-0.39, 0.29) is 12.5 Å². The number of amides is 1. The van der Waals surface area contributed by atoms with Crippen LogP contribution in [0.3, 0.4) is 0 Å². The van der Waals surface area contributed by atoms with Gasteiger partial charge in [-0.15, -0.1) is 0 Å². The number of carbonyl (C=O) groups is 1. The van der Waals surface area contributed by atoms with Crippen molar-refractivity contribution >= 4 is 5.91 Å². The summed E-state index contributed by atoms with van der Waals surface area (Å²) in [6, 6.07) is 7.73. The van der Waals surface area contributed by atoms with Crippen LogP contribution < -0.4 is 4.74 Å². The summed E-state index contributed by atoms with van der Waals surface area (Å²) in [6.07, 6.45) is 0.418. The smallest absolute Gasteiger partial charge is 0.227 e. The lowest BCUT2D eigenvalue weighted by Gasteiger charge is -2.34. The molecule has 5 nitrogen and oxygen atoms in total. The largest absolute Gasteiger partial charge is 0.494 e. The second-order valence-corrected chi connectivity index (χ2v) is 5.20. The zero-order chi connectivity index (χ0) is 15.1. The van der Waals surface area contributed by atoms with E-state index in [1.807, 2.05) is 36.1 Å². The van der Waals surface area contributed by atoms with Gasteiger partial charge in [0.25, 0.3) is 0 Å². The maximum atomic E-state index is 12.3. The quantitative estimate of drug-likeness (QED) is 0.841. The van der Waals surface area contributed by atoms with E-state index >= 15 is 0 Å². The molecule has 0 radical (unpaired) electrons. The molecule has 1 N–H and O–H groups in total. The molecule has 0 atom stereocenters. The van der Waals surface area contributed by atoms with E-state index in [1.165, 1.54) is 0 Å². The molecule has 0 spiro atoms. The van der Waals surface area contributed by atoms with Crippen LogP contribution in [0, 0.1) is 0 Å². The number of hydrogen-bond donors (Lipinski definition) is 1. The number of hydrogen-bond acceptors (Lipinski definition) is 4. The molecule has 1 aliphatic heterocycles. The molecule has 1 aromatic rings. The minimum Gasteiger partial charge on any atom is -0.494 e. The summed E-state index contributed by atoms with van der Waals surface area (Å²) in [5.41, 5.74) is 0.990. The van der Waals surface area contributed by atoms with Gasteiger partial charge in [0.1, 0.15) is 5.75 Å². The molecule has 1 aromatic carbocycles. The Morgan fingerprint density at radius 2 is 2.05 bits per heavy atom. The number of aliphatic hydroxyl groups excluding tert-OH is 1. The van der Waals surface area contributed by atoms with E-state index in [9.17, 15) is 4.79 Å². The molecule has 0 aromatic heterocycles. The molecule has 2 rings (SSSR count). The summed E-state index contributed by atoms with van der Waals surface area (Å²) in [6.45, 7) is 6.61. The van der Waals surface area contributed by atoms with Gasteiger partial charge in [-0.2, -0.15) is 0 Å². The minimum absolute atomic E-state index is 0.160. The lowest BCUT2D eigenvalue weighted by molar-refractivity contribution is -0.132. The van der Waals surface area contributed by atoms with Crippen molar-refractivity contribution in [1.82, 2.24) is 9.80 Å². The van der Waals surface area contributed by atoms with Gasteiger partial charge >= 0.3 is 0 Å². The average Bonchev–Trinajstić information content (AvgIpc) is 2.49. The monoisotopic (exact) mass is 292 g/mol. The molecule has 1 saturated heterocycles. The lowest BCUT2D eigenvalue weighted by atomic mass is 10.1. The van der Waals surface area contributed by atoms with Crippen molar-refractivity contribution in [2.45, 2.75) is 13.3 Å². The molecular weight excluding hydrogens is 268 g/mol. The van der Waals surface area contributed by atoms with Gasteiger partial charge in [-0.25, -0.2) is 0 Å². The third-order valence-electron chi connectivity index (χ3n) is 3.71. The zero-order valence-electron chi connectivity index (χ0n) is 12.6. The SMILES string of the molecule is CCOc1cccc(CC(=O)N2CCN(CCO)CC2)c1. The van der Waals surface area contributed by atoms with Gasteiger partial charge in [-0.3, -0.25) is 9.69 Å². The van der Waals surface area contributed by atoms with Crippen LogP contribution in [0.2, 0.25) is 0 Å². The van der Waals surface area contributed by atoms with Crippen molar-refractivity contribution < 1.29 is 14.6 Å². The Kier molecular flexibility index (Phi) is 6.02. The molecule has 1 fully saturated rings. The van der Waals surface area contributed by atoms with Crippen molar-refractivity contribution in [2.75, 3.05) is 45.9 Å². The van der Waals surface area contributed by atoms with Gasteiger partial charge < -0.3 is 14.7 Å². The molecule has 0 bridgehead atoms. The van der Waals surface area contributed by atoms with Crippen LogP contribution in [0.15, 0.2) is 24.3 Å². The first-order chi connectivity index (χ1) is 10.2. The van der Waals surface area contributed by atoms with E-state index in [0.29, 0.717) is 19.6 Å². The highest BCUT2D eigenvalue weighted by Gasteiger charge is 2.20. The van der Waals surface area contributed by atoms with E-state index < -0.39 is 0 Å². The van der Waals surface area contributed by atoms with E-state index in [0.717, 1.165) is 37.5 Å². The number of carbonyl (C=O) groups excluding carboxylic acids is 1. The topological polar surface area (TPSA) is 53.0 Å². The summed E-state index contributed by atoms with van der Waals surface area (Å²) in [5.74, 6) is 0.975. The van der Waals surface area contributed by atoms with Crippen LogP contribution in [0.25, 0.3) is 0 Å². The predicted molar refractivity (Wildman–Crippen MR) is 81.4 cm³/mol. The van der Waals surface area contributed by atoms with Crippen LogP contribution >= 0.6 is 0 Å². The van der Waals surface area contributed by atoms with Gasteiger partial charge in [-0.05, 0) is 24.6 Å². The van der Waals surface area contributed by atoms with E-state index in [4.69, 9.17) is 9.84 Å². The predicted octanol–water partition coefficient (Wildman–Crippen LogP) is 0.764. The Hall–Kier alpha value is -1.59. The Morgan fingerprint density at radius 1 is 1.29 bits per heavy atom. The standard InChI is InChI=1S/C16H24N2O3/c1-2-21-15-5-3-4-14(12-15)13-16(20)18-8-6-17(7-9-18)10-11-19/h3-5,12,19H,2,6-11,13H2,1H3. The summed E-state index contributed by atoms with van der Waals surface area (Å²) in [7, 11) is 0. The van der Waals surface area contributed by atoms with Crippen molar-refractivity contribution in [3.63, 3.8) is 0 Å². The third kappa shape index (κ3) is 4.72. The van der Waals surface area contributed by atoms with E-state index in [2.05, 4.69) is 4.90 Å². The number of benzene rings is 1. The Labute approximate surface area is 126 Å². The Bertz CT molecular complexity index is 457. The average molecular weight is 292 g/mol. The van der Waals surface area contributed by atoms with Crippen LogP contribution in [0.1, 0.15) is 12.5 Å². The molecule has 21 heavy (non-hydrogen) atoms. The minimum atomic E-state index is 0.160. The van der Waals surface area contributed by atoms with Crippen LogP contribution in [0.4, 0.5) is 0 Å². The van der Waals surface area contributed by atoms with Gasteiger partial charge in [0.15, 0.2) is 0 Å². The second-order valence-electron chi connectivity index (χ2n) is 5.20. The first kappa shape index (κ1) is 15.8. The fourth-order valence-electron chi connectivity index (χ4n) is 2.56. The molecule has 1 aliphatic rings. The van der Waals surface area contributed by atoms with Crippen LogP contribution in [-0.4, -0.2) is 66.8 Å². The highest BCUT2D eigenvalue weighted by Crippen LogP contribution is 2.15. The molecule has 5 heteroatoms. The Balaban J connectivity index is 1.86. The van der Waals surface area contributed by atoms with Gasteiger partial charge in [-0.1, -0.05) is 12.1 Å². The van der Waals surface area contributed by atoms with Gasteiger partial charge in [0.2, 0.25) is 5.91 Å². The first-order valence-electron chi connectivity index (χ1n) is 7.55. The molecule has 0 aliphatic carbocycles. The number of β-amino-alcohol motifs (C(OH)–C–C–N with tert-alkyl or cyclic N) is 1. The molecule has 116 valence electrons. The number of nitrogens with zero attached hydrogens (tertiary/aromatic N) is 2. The zero-order valence-corrected chi connectivity index (χ0v) is 12.6. The Morgan fingerprint density at radius 3 is 2.71 bits per heavy atom. The summed E-state index contributed by atoms with van der Waals surface area (Å²) >= 11 is 0. The van der Waals surface area contributed by atoms with E-state index in [1.54, 1.807) is 0 Å².